The first kappa shape index (κ1) is 11.8. The number of likely N-dealkylation sites (N-methyl/N-ethyl adjacent to an activating group) is 1. The van der Waals surface area contributed by atoms with Crippen molar-refractivity contribution in [2.45, 2.75) is 6.42 Å². The third-order valence-corrected chi connectivity index (χ3v) is 2.62. The molecule has 1 heterocycles. The van der Waals surface area contributed by atoms with Crippen LogP contribution in [0.15, 0.2) is 0 Å². The molecule has 86 valence electrons. The standard InChI is InChI=1S/C9H16N2O4/c1-10(4-5-12)8(13)7-2-3-11(6-7)9(14)15/h7,12H,2-6H2,1H3,(H,14,15)/t7-/m0/s1. The van der Waals surface area contributed by atoms with Crippen molar-refractivity contribution in [3.8, 4) is 0 Å². The van der Waals surface area contributed by atoms with Crippen LogP contribution >= 0.6 is 0 Å². The number of hydrogen-bond acceptors (Lipinski definition) is 3. The molecule has 2 amide bonds. The number of carbonyl (C=O) groups excluding carboxylic acids is 1. The van der Waals surface area contributed by atoms with Gasteiger partial charge in [0.15, 0.2) is 0 Å². The van der Waals surface area contributed by atoms with E-state index in [0.717, 1.165) is 0 Å². The van der Waals surface area contributed by atoms with Crippen LogP contribution in [0.2, 0.25) is 0 Å². The maximum Gasteiger partial charge on any atom is 0.407 e. The molecule has 0 bridgehead atoms. The van der Waals surface area contributed by atoms with Crippen molar-refractivity contribution in [1.82, 2.24) is 9.80 Å². The lowest BCUT2D eigenvalue weighted by Gasteiger charge is -2.19. The molecule has 6 nitrogen and oxygen atoms in total. The minimum Gasteiger partial charge on any atom is -0.465 e. The highest BCUT2D eigenvalue weighted by molar-refractivity contribution is 5.80. The molecular formula is C9H16N2O4. The number of nitrogens with zero attached hydrogens (tertiary/aromatic N) is 2. The molecule has 0 aromatic carbocycles. The molecule has 0 aliphatic carbocycles. The molecule has 1 fully saturated rings. The highest BCUT2D eigenvalue weighted by Crippen LogP contribution is 2.18. The Morgan fingerprint density at radius 3 is 2.67 bits per heavy atom. The number of amides is 2. The van der Waals surface area contributed by atoms with Gasteiger partial charge in [-0.2, -0.15) is 0 Å². The molecule has 0 radical (unpaired) electrons. The van der Waals surface area contributed by atoms with E-state index in [0.29, 0.717) is 19.5 Å². The average molecular weight is 216 g/mol. The van der Waals surface area contributed by atoms with Gasteiger partial charge in [-0.15, -0.1) is 0 Å². The monoisotopic (exact) mass is 216 g/mol. The number of carbonyl (C=O) groups is 2. The van der Waals surface area contributed by atoms with Crippen LogP contribution < -0.4 is 0 Å². The van der Waals surface area contributed by atoms with Crippen LogP contribution in [0.1, 0.15) is 6.42 Å². The predicted octanol–water partition coefficient (Wildman–Crippen LogP) is -0.563. The number of carboxylic acid groups (broad SMARTS) is 1. The van der Waals surface area contributed by atoms with Gasteiger partial charge in [0, 0.05) is 26.7 Å². The number of rotatable bonds is 3. The molecule has 0 aromatic rings. The van der Waals surface area contributed by atoms with E-state index in [2.05, 4.69) is 0 Å². The lowest BCUT2D eigenvalue weighted by molar-refractivity contribution is -0.134. The van der Waals surface area contributed by atoms with Gasteiger partial charge < -0.3 is 20.0 Å². The zero-order valence-electron chi connectivity index (χ0n) is 8.72. The maximum atomic E-state index is 11.7. The highest BCUT2D eigenvalue weighted by atomic mass is 16.4. The summed E-state index contributed by atoms with van der Waals surface area (Å²) in [5.74, 6) is -0.342. The van der Waals surface area contributed by atoms with Gasteiger partial charge in [0.1, 0.15) is 0 Å². The SMILES string of the molecule is CN(CCO)C(=O)[C@H]1CCN(C(=O)O)C1. The number of hydrogen-bond donors (Lipinski definition) is 2. The molecule has 1 saturated heterocycles. The van der Waals surface area contributed by atoms with Gasteiger partial charge in [0.2, 0.25) is 5.91 Å². The third kappa shape index (κ3) is 2.82. The fraction of sp³-hybridized carbons (Fsp3) is 0.778. The summed E-state index contributed by atoms with van der Waals surface area (Å²) in [5.41, 5.74) is 0. The minimum atomic E-state index is -0.977. The maximum absolute atomic E-state index is 11.7. The Bertz CT molecular complexity index is 256. The molecular weight excluding hydrogens is 200 g/mol. The van der Waals surface area contributed by atoms with E-state index >= 15 is 0 Å². The molecule has 1 aliphatic heterocycles. The largest absolute Gasteiger partial charge is 0.465 e. The summed E-state index contributed by atoms with van der Waals surface area (Å²) in [6.07, 6.45) is -0.406. The van der Waals surface area contributed by atoms with Crippen molar-refractivity contribution in [2.24, 2.45) is 5.92 Å². The summed E-state index contributed by atoms with van der Waals surface area (Å²) >= 11 is 0. The predicted molar refractivity (Wildman–Crippen MR) is 52.4 cm³/mol. The zero-order valence-corrected chi connectivity index (χ0v) is 8.72. The van der Waals surface area contributed by atoms with E-state index in [1.165, 1.54) is 9.80 Å². The van der Waals surface area contributed by atoms with Crippen LogP contribution in [0.3, 0.4) is 0 Å². The Morgan fingerprint density at radius 1 is 1.53 bits per heavy atom. The Balaban J connectivity index is 2.46. The summed E-state index contributed by atoms with van der Waals surface area (Å²) in [7, 11) is 1.61. The van der Waals surface area contributed by atoms with Crippen molar-refractivity contribution in [2.75, 3.05) is 33.3 Å². The van der Waals surface area contributed by atoms with Crippen LogP contribution in [0.25, 0.3) is 0 Å². The first-order valence-electron chi connectivity index (χ1n) is 4.90. The summed E-state index contributed by atoms with van der Waals surface area (Å²) in [4.78, 5) is 25.0. The first-order chi connectivity index (χ1) is 7.06. The molecule has 2 N–H and O–H groups in total. The lowest BCUT2D eigenvalue weighted by atomic mass is 10.1. The van der Waals surface area contributed by atoms with Crippen LogP contribution in [-0.2, 0) is 4.79 Å². The summed E-state index contributed by atoms with van der Waals surface area (Å²) < 4.78 is 0. The highest BCUT2D eigenvalue weighted by Gasteiger charge is 2.32. The van der Waals surface area contributed by atoms with Crippen LogP contribution in [0.5, 0.6) is 0 Å². The van der Waals surface area contributed by atoms with Gasteiger partial charge in [0.05, 0.1) is 12.5 Å². The van der Waals surface area contributed by atoms with Gasteiger partial charge in [-0.25, -0.2) is 4.79 Å². The zero-order chi connectivity index (χ0) is 11.4. The Hall–Kier alpha value is -1.30. The molecule has 1 atom stereocenters. The summed E-state index contributed by atoms with van der Waals surface area (Å²) in [6.45, 7) is 0.905. The molecule has 15 heavy (non-hydrogen) atoms. The summed E-state index contributed by atoms with van der Waals surface area (Å²) in [5, 5.41) is 17.4. The first-order valence-corrected chi connectivity index (χ1v) is 4.90. The van der Waals surface area contributed by atoms with E-state index in [9.17, 15) is 9.59 Å². The fourth-order valence-electron chi connectivity index (χ4n) is 1.71. The fourth-order valence-corrected chi connectivity index (χ4v) is 1.71. The van der Waals surface area contributed by atoms with Gasteiger partial charge in [-0.05, 0) is 6.42 Å². The quantitative estimate of drug-likeness (QED) is 0.662. The van der Waals surface area contributed by atoms with Gasteiger partial charge in [-0.3, -0.25) is 4.79 Å². The summed E-state index contributed by atoms with van der Waals surface area (Å²) in [6, 6.07) is 0. The van der Waals surface area contributed by atoms with E-state index < -0.39 is 6.09 Å². The molecule has 0 aromatic heterocycles. The van der Waals surface area contributed by atoms with E-state index in [4.69, 9.17) is 10.2 Å². The molecule has 0 unspecified atom stereocenters. The van der Waals surface area contributed by atoms with Crippen molar-refractivity contribution < 1.29 is 19.8 Å². The molecule has 0 spiro atoms. The third-order valence-electron chi connectivity index (χ3n) is 2.62. The van der Waals surface area contributed by atoms with Crippen LogP contribution in [0.4, 0.5) is 4.79 Å². The number of likely N-dealkylation sites (tertiary alicyclic amines) is 1. The van der Waals surface area contributed by atoms with E-state index in [1.54, 1.807) is 7.05 Å². The van der Waals surface area contributed by atoms with Crippen molar-refractivity contribution in [1.29, 1.82) is 0 Å². The average Bonchev–Trinajstić information content (AvgIpc) is 2.65. The number of aliphatic hydroxyl groups is 1. The molecule has 0 saturated carbocycles. The molecule has 1 rings (SSSR count). The Kier molecular flexibility index (Phi) is 3.90. The van der Waals surface area contributed by atoms with E-state index in [-0.39, 0.29) is 25.0 Å². The van der Waals surface area contributed by atoms with Crippen molar-refractivity contribution in [3.05, 3.63) is 0 Å². The van der Waals surface area contributed by atoms with Gasteiger partial charge >= 0.3 is 6.09 Å². The minimum absolute atomic E-state index is 0.0718. The second-order valence-corrected chi connectivity index (χ2v) is 3.70. The number of aliphatic hydroxyl groups excluding tert-OH is 1. The van der Waals surface area contributed by atoms with Crippen molar-refractivity contribution >= 4 is 12.0 Å². The second-order valence-electron chi connectivity index (χ2n) is 3.70. The van der Waals surface area contributed by atoms with Gasteiger partial charge in [-0.1, -0.05) is 0 Å². The molecule has 1 aliphatic rings. The lowest BCUT2D eigenvalue weighted by Crippen LogP contribution is -2.36. The smallest absolute Gasteiger partial charge is 0.407 e. The Labute approximate surface area is 88.1 Å². The molecule has 6 heteroatoms. The van der Waals surface area contributed by atoms with Crippen LogP contribution in [0, 0.1) is 5.92 Å². The normalized spacial score (nSPS) is 20.4. The van der Waals surface area contributed by atoms with Crippen molar-refractivity contribution in [3.63, 3.8) is 0 Å². The van der Waals surface area contributed by atoms with Crippen LogP contribution in [-0.4, -0.2) is 65.3 Å². The van der Waals surface area contributed by atoms with Gasteiger partial charge in [0.25, 0.3) is 0 Å². The topological polar surface area (TPSA) is 81.1 Å². The second kappa shape index (κ2) is 4.97. The van der Waals surface area contributed by atoms with E-state index in [1.807, 2.05) is 0 Å². The Morgan fingerprint density at radius 2 is 2.20 bits per heavy atom.